The fourth-order valence-corrected chi connectivity index (χ4v) is 2.21. The van der Waals surface area contributed by atoms with E-state index in [1.54, 1.807) is 12.1 Å². The van der Waals surface area contributed by atoms with Gasteiger partial charge in [-0.05, 0) is 29.3 Å². The van der Waals surface area contributed by atoms with Crippen molar-refractivity contribution in [3.05, 3.63) is 77.2 Å². The van der Waals surface area contributed by atoms with E-state index in [1.165, 1.54) is 18.2 Å². The zero-order valence-corrected chi connectivity index (χ0v) is 11.6. The normalized spacial score (nSPS) is 16.2. The van der Waals surface area contributed by atoms with Crippen molar-refractivity contribution >= 4 is 18.0 Å². The van der Waals surface area contributed by atoms with E-state index in [0.29, 0.717) is 5.56 Å². The molecule has 0 unspecified atom stereocenters. The average molecular weight is 296 g/mol. The molecule has 2 aromatic rings. The maximum Gasteiger partial charge on any atom is 0.329 e. The minimum absolute atomic E-state index is 0.188. The van der Waals surface area contributed by atoms with Crippen molar-refractivity contribution in [2.75, 3.05) is 0 Å². The fraction of sp³-hybridized carbons (Fsp3) is 0.0588. The monoisotopic (exact) mass is 296 g/mol. The topological polar surface area (TPSA) is 49.4 Å². The van der Waals surface area contributed by atoms with E-state index in [2.05, 4.69) is 5.32 Å². The van der Waals surface area contributed by atoms with E-state index in [-0.39, 0.29) is 18.1 Å². The zero-order chi connectivity index (χ0) is 15.5. The molecule has 3 rings (SSSR count). The lowest BCUT2D eigenvalue weighted by Gasteiger charge is -2.11. The first-order valence-corrected chi connectivity index (χ1v) is 6.77. The van der Waals surface area contributed by atoms with Gasteiger partial charge in [0.2, 0.25) is 0 Å². The molecule has 1 aliphatic rings. The number of imide groups is 1. The van der Waals surface area contributed by atoms with Gasteiger partial charge in [0.15, 0.2) is 0 Å². The molecule has 1 N–H and O–H groups in total. The second kappa shape index (κ2) is 5.81. The van der Waals surface area contributed by atoms with Crippen LogP contribution in [0.5, 0.6) is 0 Å². The fourth-order valence-electron chi connectivity index (χ4n) is 2.21. The number of benzene rings is 2. The molecule has 1 aliphatic heterocycles. The van der Waals surface area contributed by atoms with Gasteiger partial charge in [0.05, 0.1) is 6.54 Å². The van der Waals surface area contributed by atoms with Crippen LogP contribution in [0.15, 0.2) is 60.3 Å². The number of nitrogens with one attached hydrogen (secondary N) is 1. The summed E-state index contributed by atoms with van der Waals surface area (Å²) in [6.07, 6.45) is 1.53. The first kappa shape index (κ1) is 14.0. The van der Waals surface area contributed by atoms with Crippen molar-refractivity contribution < 1.29 is 14.0 Å². The van der Waals surface area contributed by atoms with Crippen LogP contribution in [0.4, 0.5) is 9.18 Å². The Labute approximate surface area is 126 Å². The smallest absolute Gasteiger partial charge is 0.303 e. The van der Waals surface area contributed by atoms with E-state index in [0.717, 1.165) is 10.5 Å². The predicted octanol–water partition coefficient (Wildman–Crippen LogP) is 2.92. The van der Waals surface area contributed by atoms with E-state index in [9.17, 15) is 14.0 Å². The van der Waals surface area contributed by atoms with Crippen molar-refractivity contribution in [2.45, 2.75) is 6.54 Å². The molecule has 5 heteroatoms. The molecule has 1 heterocycles. The number of amides is 3. The standard InChI is InChI=1S/C17H13FN2O2/c18-14-8-6-12(7-9-14)10-15-16(21)20(17(22)19-15)11-13-4-2-1-3-5-13/h1-10H,11H2,(H,19,22)/b15-10+. The van der Waals surface area contributed by atoms with Crippen LogP contribution in [0.25, 0.3) is 6.08 Å². The quantitative estimate of drug-likeness (QED) is 0.699. The first-order chi connectivity index (χ1) is 10.6. The third-order valence-electron chi connectivity index (χ3n) is 3.33. The van der Waals surface area contributed by atoms with Crippen molar-refractivity contribution in [1.82, 2.24) is 10.2 Å². The molecule has 0 atom stereocenters. The Morgan fingerprint density at radius 3 is 2.36 bits per heavy atom. The molecule has 110 valence electrons. The number of halogens is 1. The molecule has 2 aromatic carbocycles. The molecule has 1 saturated heterocycles. The molecule has 0 saturated carbocycles. The Kier molecular flexibility index (Phi) is 3.70. The van der Waals surface area contributed by atoms with Gasteiger partial charge in [0.1, 0.15) is 11.5 Å². The summed E-state index contributed by atoms with van der Waals surface area (Å²) in [5.74, 6) is -0.743. The van der Waals surface area contributed by atoms with Gasteiger partial charge in [-0.25, -0.2) is 9.18 Å². The van der Waals surface area contributed by atoms with Crippen LogP contribution >= 0.6 is 0 Å². The summed E-state index contributed by atoms with van der Waals surface area (Å²) in [5, 5.41) is 2.54. The Morgan fingerprint density at radius 2 is 1.68 bits per heavy atom. The highest BCUT2D eigenvalue weighted by atomic mass is 19.1. The summed E-state index contributed by atoms with van der Waals surface area (Å²) < 4.78 is 12.9. The minimum Gasteiger partial charge on any atom is -0.303 e. The van der Waals surface area contributed by atoms with Gasteiger partial charge in [-0.15, -0.1) is 0 Å². The van der Waals surface area contributed by atoms with E-state index in [4.69, 9.17) is 0 Å². The summed E-state index contributed by atoms with van der Waals surface area (Å²) in [5.41, 5.74) is 1.70. The lowest BCUT2D eigenvalue weighted by Crippen LogP contribution is -2.30. The molecule has 0 radical (unpaired) electrons. The Hall–Kier alpha value is -2.95. The van der Waals surface area contributed by atoms with E-state index in [1.807, 2.05) is 30.3 Å². The number of urea groups is 1. The van der Waals surface area contributed by atoms with Crippen LogP contribution in [-0.4, -0.2) is 16.8 Å². The van der Waals surface area contributed by atoms with Crippen LogP contribution in [0.3, 0.4) is 0 Å². The van der Waals surface area contributed by atoms with Crippen molar-refractivity contribution in [3.63, 3.8) is 0 Å². The summed E-state index contributed by atoms with van der Waals surface area (Å²) in [4.78, 5) is 25.4. The lowest BCUT2D eigenvalue weighted by molar-refractivity contribution is -0.123. The molecular formula is C17H13FN2O2. The second-order valence-corrected chi connectivity index (χ2v) is 4.92. The third-order valence-corrected chi connectivity index (χ3v) is 3.33. The number of carbonyl (C=O) groups excluding carboxylic acids is 2. The SMILES string of the molecule is O=C1N/C(=C/c2ccc(F)cc2)C(=O)N1Cc1ccccc1. The van der Waals surface area contributed by atoms with Crippen LogP contribution in [0, 0.1) is 5.82 Å². The zero-order valence-electron chi connectivity index (χ0n) is 11.6. The number of hydrogen-bond acceptors (Lipinski definition) is 2. The highest BCUT2D eigenvalue weighted by Crippen LogP contribution is 2.17. The summed E-state index contributed by atoms with van der Waals surface area (Å²) >= 11 is 0. The van der Waals surface area contributed by atoms with Gasteiger partial charge < -0.3 is 5.32 Å². The largest absolute Gasteiger partial charge is 0.329 e. The maximum atomic E-state index is 12.9. The van der Waals surface area contributed by atoms with E-state index < -0.39 is 11.9 Å². The highest BCUT2D eigenvalue weighted by molar-refractivity contribution is 6.13. The summed E-state index contributed by atoms with van der Waals surface area (Å²) in [7, 11) is 0. The molecule has 0 spiro atoms. The number of hydrogen-bond donors (Lipinski definition) is 1. The third kappa shape index (κ3) is 2.88. The molecule has 3 amide bonds. The van der Waals surface area contributed by atoms with Crippen LogP contribution < -0.4 is 5.32 Å². The van der Waals surface area contributed by atoms with Crippen molar-refractivity contribution in [1.29, 1.82) is 0 Å². The number of nitrogens with zero attached hydrogens (tertiary/aromatic N) is 1. The molecule has 4 nitrogen and oxygen atoms in total. The van der Waals surface area contributed by atoms with Crippen molar-refractivity contribution in [2.24, 2.45) is 0 Å². The summed E-state index contributed by atoms with van der Waals surface area (Å²) in [6.45, 7) is 0.215. The summed E-state index contributed by atoms with van der Waals surface area (Å²) in [6, 6.07) is 14.5. The molecular weight excluding hydrogens is 283 g/mol. The number of rotatable bonds is 3. The molecule has 0 aliphatic carbocycles. The number of carbonyl (C=O) groups is 2. The van der Waals surface area contributed by atoms with Crippen LogP contribution in [0.2, 0.25) is 0 Å². The van der Waals surface area contributed by atoms with Crippen LogP contribution in [-0.2, 0) is 11.3 Å². The van der Waals surface area contributed by atoms with Gasteiger partial charge in [0.25, 0.3) is 5.91 Å². The van der Waals surface area contributed by atoms with Gasteiger partial charge in [-0.1, -0.05) is 42.5 Å². The molecule has 1 fully saturated rings. The maximum absolute atomic E-state index is 12.9. The molecule has 22 heavy (non-hydrogen) atoms. The Morgan fingerprint density at radius 1 is 1.00 bits per heavy atom. The van der Waals surface area contributed by atoms with Gasteiger partial charge in [-0.3, -0.25) is 9.69 Å². The Balaban J connectivity index is 1.80. The average Bonchev–Trinajstić information content (AvgIpc) is 2.78. The Bertz CT molecular complexity index is 739. The van der Waals surface area contributed by atoms with Gasteiger partial charge in [-0.2, -0.15) is 0 Å². The second-order valence-electron chi connectivity index (χ2n) is 4.92. The van der Waals surface area contributed by atoms with E-state index >= 15 is 0 Å². The molecule has 0 bridgehead atoms. The minimum atomic E-state index is -0.456. The van der Waals surface area contributed by atoms with Gasteiger partial charge >= 0.3 is 6.03 Å². The van der Waals surface area contributed by atoms with Crippen molar-refractivity contribution in [3.8, 4) is 0 Å². The van der Waals surface area contributed by atoms with Gasteiger partial charge in [0, 0.05) is 0 Å². The predicted molar refractivity (Wildman–Crippen MR) is 79.9 cm³/mol. The highest BCUT2D eigenvalue weighted by Gasteiger charge is 2.33. The first-order valence-electron chi connectivity index (χ1n) is 6.77. The van der Waals surface area contributed by atoms with Crippen LogP contribution in [0.1, 0.15) is 11.1 Å². The lowest BCUT2D eigenvalue weighted by atomic mass is 10.2. The molecule has 0 aromatic heterocycles.